The first-order valence-corrected chi connectivity index (χ1v) is 7.85. The number of urea groups is 1. The van der Waals surface area contributed by atoms with Crippen molar-refractivity contribution in [3.63, 3.8) is 0 Å². The maximum Gasteiger partial charge on any atom is 0.320 e. The molecule has 124 valence electrons. The zero-order valence-corrected chi connectivity index (χ0v) is 14.2. The van der Waals surface area contributed by atoms with Crippen LogP contribution >= 0.6 is 0 Å². The van der Waals surface area contributed by atoms with Gasteiger partial charge in [-0.15, -0.1) is 5.10 Å². The highest BCUT2D eigenvalue weighted by molar-refractivity contribution is 5.88. The maximum absolute atomic E-state index is 11.8. The SMILES string of the molecule is CCC(CC)C(O)CNC(=O)Nc1ccc(C(C)(C)C)nn1. The van der Waals surface area contributed by atoms with Crippen molar-refractivity contribution in [3.05, 3.63) is 17.8 Å². The van der Waals surface area contributed by atoms with E-state index in [0.717, 1.165) is 18.5 Å². The third-order valence-electron chi connectivity index (χ3n) is 3.74. The third kappa shape index (κ3) is 5.60. The molecule has 0 saturated heterocycles. The molecule has 0 aliphatic rings. The van der Waals surface area contributed by atoms with Gasteiger partial charge in [-0.1, -0.05) is 47.5 Å². The van der Waals surface area contributed by atoms with Crippen LogP contribution in [0.5, 0.6) is 0 Å². The van der Waals surface area contributed by atoms with Crippen LogP contribution in [0.25, 0.3) is 0 Å². The Morgan fingerprint density at radius 2 is 1.86 bits per heavy atom. The summed E-state index contributed by atoms with van der Waals surface area (Å²) in [6, 6.07) is 3.19. The normalized spacial score (nSPS) is 13.0. The number of aromatic nitrogens is 2. The summed E-state index contributed by atoms with van der Waals surface area (Å²) in [6.45, 7) is 10.4. The van der Waals surface area contributed by atoms with Gasteiger partial charge in [0.25, 0.3) is 0 Å². The van der Waals surface area contributed by atoms with Crippen LogP contribution in [0.4, 0.5) is 10.6 Å². The lowest BCUT2D eigenvalue weighted by Gasteiger charge is -2.20. The number of hydrogen-bond acceptors (Lipinski definition) is 4. The molecule has 0 fully saturated rings. The van der Waals surface area contributed by atoms with Crippen LogP contribution < -0.4 is 10.6 Å². The molecule has 0 saturated carbocycles. The Hall–Kier alpha value is -1.69. The van der Waals surface area contributed by atoms with Crippen molar-refractivity contribution >= 4 is 11.8 Å². The average molecular weight is 308 g/mol. The lowest BCUT2D eigenvalue weighted by Crippen LogP contribution is -2.38. The highest BCUT2D eigenvalue weighted by Crippen LogP contribution is 2.19. The van der Waals surface area contributed by atoms with Gasteiger partial charge in [-0.2, -0.15) is 5.10 Å². The summed E-state index contributed by atoms with van der Waals surface area (Å²) in [5, 5.41) is 23.4. The van der Waals surface area contributed by atoms with E-state index in [1.807, 2.05) is 19.9 Å². The molecule has 0 aliphatic heterocycles. The number of amides is 2. The number of hydrogen-bond donors (Lipinski definition) is 3. The van der Waals surface area contributed by atoms with E-state index in [-0.39, 0.29) is 23.9 Å². The first-order chi connectivity index (χ1) is 10.3. The minimum Gasteiger partial charge on any atom is -0.391 e. The lowest BCUT2D eigenvalue weighted by atomic mass is 9.92. The first-order valence-electron chi connectivity index (χ1n) is 7.85. The minimum atomic E-state index is -0.532. The van der Waals surface area contributed by atoms with E-state index >= 15 is 0 Å². The van der Waals surface area contributed by atoms with Gasteiger partial charge in [-0.25, -0.2) is 4.79 Å². The maximum atomic E-state index is 11.8. The summed E-state index contributed by atoms with van der Waals surface area (Å²) < 4.78 is 0. The lowest BCUT2D eigenvalue weighted by molar-refractivity contribution is 0.104. The molecule has 1 rings (SSSR count). The van der Waals surface area contributed by atoms with E-state index in [4.69, 9.17) is 0 Å². The van der Waals surface area contributed by atoms with E-state index in [1.54, 1.807) is 6.07 Å². The molecule has 3 N–H and O–H groups in total. The van der Waals surface area contributed by atoms with Crippen LogP contribution in [0.3, 0.4) is 0 Å². The fourth-order valence-corrected chi connectivity index (χ4v) is 2.16. The molecule has 0 radical (unpaired) electrons. The standard InChI is InChI=1S/C16H28N4O2/c1-6-11(7-2)12(21)10-17-15(22)18-14-9-8-13(19-20-14)16(3,4)5/h8-9,11-12,21H,6-7,10H2,1-5H3,(H2,17,18,20,22). The molecular weight excluding hydrogens is 280 g/mol. The van der Waals surface area contributed by atoms with Gasteiger partial charge in [-0.05, 0) is 18.1 Å². The second kappa shape index (κ2) is 8.08. The van der Waals surface area contributed by atoms with Crippen molar-refractivity contribution in [1.82, 2.24) is 15.5 Å². The highest BCUT2D eigenvalue weighted by Gasteiger charge is 2.17. The number of nitrogens with zero attached hydrogens (tertiary/aromatic N) is 2. The van der Waals surface area contributed by atoms with Crippen molar-refractivity contribution in [1.29, 1.82) is 0 Å². The molecule has 1 heterocycles. The Balaban J connectivity index is 2.48. The first kappa shape index (κ1) is 18.4. The van der Waals surface area contributed by atoms with Crippen LogP contribution in [0.1, 0.15) is 53.2 Å². The van der Waals surface area contributed by atoms with E-state index in [9.17, 15) is 9.90 Å². The highest BCUT2D eigenvalue weighted by atomic mass is 16.3. The van der Waals surface area contributed by atoms with E-state index < -0.39 is 6.10 Å². The number of carbonyl (C=O) groups excluding carboxylic acids is 1. The fraction of sp³-hybridized carbons (Fsp3) is 0.688. The van der Waals surface area contributed by atoms with Gasteiger partial charge in [0.2, 0.25) is 0 Å². The molecule has 1 aromatic heterocycles. The topological polar surface area (TPSA) is 87.1 Å². The summed E-state index contributed by atoms with van der Waals surface area (Å²) >= 11 is 0. The summed E-state index contributed by atoms with van der Waals surface area (Å²) in [5.41, 5.74) is 0.787. The zero-order valence-electron chi connectivity index (χ0n) is 14.2. The van der Waals surface area contributed by atoms with Crippen molar-refractivity contribution in [2.75, 3.05) is 11.9 Å². The fourth-order valence-electron chi connectivity index (χ4n) is 2.16. The van der Waals surface area contributed by atoms with Crippen molar-refractivity contribution in [2.24, 2.45) is 5.92 Å². The average Bonchev–Trinajstić information content (AvgIpc) is 2.46. The molecule has 2 amide bonds. The number of carbonyl (C=O) groups is 1. The molecule has 1 unspecified atom stereocenters. The third-order valence-corrected chi connectivity index (χ3v) is 3.74. The van der Waals surface area contributed by atoms with Gasteiger partial charge in [0, 0.05) is 12.0 Å². The Morgan fingerprint density at radius 1 is 1.23 bits per heavy atom. The van der Waals surface area contributed by atoms with Gasteiger partial charge in [-0.3, -0.25) is 5.32 Å². The number of aliphatic hydroxyl groups is 1. The molecule has 6 nitrogen and oxygen atoms in total. The van der Waals surface area contributed by atoms with Crippen LogP contribution in [0.2, 0.25) is 0 Å². The van der Waals surface area contributed by atoms with Gasteiger partial charge in [0.1, 0.15) is 0 Å². The number of anilines is 1. The van der Waals surface area contributed by atoms with Crippen LogP contribution in [-0.4, -0.2) is 34.0 Å². The van der Waals surface area contributed by atoms with E-state index in [2.05, 4.69) is 41.6 Å². The molecule has 0 aromatic carbocycles. The molecular formula is C16H28N4O2. The smallest absolute Gasteiger partial charge is 0.320 e. The van der Waals surface area contributed by atoms with Gasteiger partial charge < -0.3 is 10.4 Å². The molecule has 22 heavy (non-hydrogen) atoms. The van der Waals surface area contributed by atoms with Crippen LogP contribution in [0, 0.1) is 5.92 Å². The molecule has 0 aliphatic carbocycles. The summed E-state index contributed by atoms with van der Waals surface area (Å²) in [4.78, 5) is 11.8. The molecule has 6 heteroatoms. The number of aliphatic hydroxyl groups excluding tert-OH is 1. The monoisotopic (exact) mass is 308 g/mol. The Kier molecular flexibility index (Phi) is 6.74. The largest absolute Gasteiger partial charge is 0.391 e. The quantitative estimate of drug-likeness (QED) is 0.754. The van der Waals surface area contributed by atoms with Crippen LogP contribution in [0.15, 0.2) is 12.1 Å². The summed E-state index contributed by atoms with van der Waals surface area (Å²) in [6.07, 6.45) is 1.25. The van der Waals surface area contributed by atoms with E-state index in [1.165, 1.54) is 0 Å². The number of nitrogens with one attached hydrogen (secondary N) is 2. The molecule has 1 atom stereocenters. The summed E-state index contributed by atoms with van der Waals surface area (Å²) in [7, 11) is 0. The van der Waals surface area contributed by atoms with Gasteiger partial charge in [0.15, 0.2) is 5.82 Å². The van der Waals surface area contributed by atoms with E-state index in [0.29, 0.717) is 5.82 Å². The van der Waals surface area contributed by atoms with Crippen molar-refractivity contribution in [2.45, 2.75) is 59.0 Å². The predicted molar refractivity (Wildman–Crippen MR) is 87.8 cm³/mol. The van der Waals surface area contributed by atoms with Crippen LogP contribution in [-0.2, 0) is 5.41 Å². The summed E-state index contributed by atoms with van der Waals surface area (Å²) in [5.74, 6) is 0.591. The molecule has 0 spiro atoms. The van der Waals surface area contributed by atoms with Crippen molar-refractivity contribution in [3.8, 4) is 0 Å². The van der Waals surface area contributed by atoms with Gasteiger partial charge >= 0.3 is 6.03 Å². The minimum absolute atomic E-state index is 0.0762. The Labute approximate surface area is 132 Å². The number of rotatable bonds is 6. The Bertz CT molecular complexity index is 464. The second-order valence-corrected chi connectivity index (χ2v) is 6.53. The predicted octanol–water partition coefficient (Wildman–Crippen LogP) is 2.69. The van der Waals surface area contributed by atoms with Gasteiger partial charge in [0.05, 0.1) is 11.8 Å². The second-order valence-electron chi connectivity index (χ2n) is 6.53. The molecule has 1 aromatic rings. The molecule has 0 bridgehead atoms. The Morgan fingerprint density at radius 3 is 2.32 bits per heavy atom. The zero-order chi connectivity index (χ0) is 16.8. The van der Waals surface area contributed by atoms with Crippen molar-refractivity contribution < 1.29 is 9.90 Å².